The van der Waals surface area contributed by atoms with Crippen LogP contribution in [0.1, 0.15) is 66.9 Å². The predicted octanol–water partition coefficient (Wildman–Crippen LogP) is 7.23. The number of aliphatic hydroxyl groups is 1. The number of halogens is 2. The lowest BCUT2D eigenvalue weighted by Gasteiger charge is -2.39. The number of rotatable bonds is 7. The van der Waals surface area contributed by atoms with E-state index in [1.807, 2.05) is 23.6 Å². The molecule has 1 atom stereocenters. The lowest BCUT2D eigenvalue weighted by atomic mass is 9.73. The number of allylic oxidation sites excluding steroid dienone is 1. The molecule has 1 aliphatic carbocycles. The smallest absolute Gasteiger partial charge is 0.335 e. The molecule has 3 aromatic rings. The summed E-state index contributed by atoms with van der Waals surface area (Å²) in [7, 11) is 0. The van der Waals surface area contributed by atoms with Gasteiger partial charge in [-0.05, 0) is 96.1 Å². The molecule has 0 amide bonds. The van der Waals surface area contributed by atoms with E-state index in [1.165, 1.54) is 41.5 Å². The maximum atomic E-state index is 14.9. The van der Waals surface area contributed by atoms with Crippen LogP contribution < -0.4 is 4.90 Å². The Hall–Kier alpha value is -3.07. The van der Waals surface area contributed by atoms with E-state index in [4.69, 9.17) is 5.11 Å². The van der Waals surface area contributed by atoms with Crippen LogP contribution in [-0.4, -0.2) is 53.8 Å². The monoisotopic (exact) mass is 566 g/mol. The molecule has 2 heterocycles. The maximum Gasteiger partial charge on any atom is 0.335 e. The number of hydrogen-bond acceptors (Lipinski definition) is 5. The first-order valence-electron chi connectivity index (χ1n) is 13.8. The summed E-state index contributed by atoms with van der Waals surface area (Å²) in [6, 6.07) is 11.4. The Kier molecular flexibility index (Phi) is 8.13. The number of carbonyl (C=O) groups is 1. The summed E-state index contributed by atoms with van der Waals surface area (Å²) in [4.78, 5) is 17.0. The Morgan fingerprint density at radius 1 is 1.05 bits per heavy atom. The SMILES string of the molecule is CC(O)c1cc(F)c(-c2csc(C3=C(CN4CCN(c5ccc(C(=O)O)cc5)CC4)CCC(C)(C)C3)c2)c(F)c1. The second-order valence-corrected chi connectivity index (χ2v) is 12.7. The van der Waals surface area contributed by atoms with Crippen LogP contribution in [0.4, 0.5) is 14.5 Å². The van der Waals surface area contributed by atoms with E-state index in [2.05, 4.69) is 23.6 Å². The van der Waals surface area contributed by atoms with Crippen molar-refractivity contribution in [2.75, 3.05) is 37.6 Å². The van der Waals surface area contributed by atoms with E-state index >= 15 is 0 Å². The normalized spacial score (nSPS) is 18.7. The number of benzene rings is 2. The lowest BCUT2D eigenvalue weighted by molar-refractivity contribution is 0.0697. The predicted molar refractivity (Wildman–Crippen MR) is 157 cm³/mol. The molecule has 40 heavy (non-hydrogen) atoms. The van der Waals surface area contributed by atoms with Crippen LogP contribution in [0.5, 0.6) is 0 Å². The Morgan fingerprint density at radius 2 is 1.70 bits per heavy atom. The number of nitrogens with zero attached hydrogens (tertiary/aromatic N) is 2. The van der Waals surface area contributed by atoms with E-state index in [1.54, 1.807) is 12.1 Å². The van der Waals surface area contributed by atoms with Crippen molar-refractivity contribution in [3.8, 4) is 11.1 Å². The van der Waals surface area contributed by atoms with Crippen LogP contribution in [0.25, 0.3) is 16.7 Å². The number of carboxylic acids is 1. The largest absolute Gasteiger partial charge is 0.478 e. The van der Waals surface area contributed by atoms with Crippen LogP contribution >= 0.6 is 11.3 Å². The van der Waals surface area contributed by atoms with Crippen molar-refractivity contribution in [1.29, 1.82) is 0 Å². The molecule has 1 fully saturated rings. The molecule has 212 valence electrons. The topological polar surface area (TPSA) is 64.0 Å². The van der Waals surface area contributed by atoms with Gasteiger partial charge >= 0.3 is 5.97 Å². The van der Waals surface area contributed by atoms with Gasteiger partial charge in [-0.3, -0.25) is 4.90 Å². The van der Waals surface area contributed by atoms with E-state index < -0.39 is 23.7 Å². The van der Waals surface area contributed by atoms with Gasteiger partial charge in [-0.15, -0.1) is 11.3 Å². The number of carboxylic acid groups (broad SMARTS) is 1. The van der Waals surface area contributed by atoms with Crippen LogP contribution in [0.3, 0.4) is 0 Å². The fraction of sp³-hybridized carbons (Fsp3) is 0.406. The molecule has 0 radical (unpaired) electrons. The Labute approximate surface area is 238 Å². The van der Waals surface area contributed by atoms with Crippen molar-refractivity contribution >= 4 is 28.6 Å². The van der Waals surface area contributed by atoms with Gasteiger partial charge < -0.3 is 15.1 Å². The van der Waals surface area contributed by atoms with E-state index in [0.29, 0.717) is 11.1 Å². The summed E-state index contributed by atoms with van der Waals surface area (Å²) in [5, 5.41) is 20.7. The van der Waals surface area contributed by atoms with Gasteiger partial charge in [0.15, 0.2) is 0 Å². The van der Waals surface area contributed by atoms with Crippen molar-refractivity contribution in [2.24, 2.45) is 5.41 Å². The molecule has 1 unspecified atom stereocenters. The zero-order chi connectivity index (χ0) is 28.6. The van der Waals surface area contributed by atoms with Gasteiger partial charge in [-0.1, -0.05) is 19.4 Å². The van der Waals surface area contributed by atoms with E-state index in [-0.39, 0.29) is 16.5 Å². The first kappa shape index (κ1) is 28.5. The Morgan fingerprint density at radius 3 is 2.30 bits per heavy atom. The zero-order valence-electron chi connectivity index (χ0n) is 23.2. The third kappa shape index (κ3) is 6.14. The average molecular weight is 567 g/mol. The number of aromatic carboxylic acids is 1. The maximum absolute atomic E-state index is 14.9. The third-order valence-corrected chi connectivity index (χ3v) is 9.17. The molecule has 1 aromatic heterocycles. The van der Waals surface area contributed by atoms with Crippen LogP contribution in [0.15, 0.2) is 53.4 Å². The second kappa shape index (κ2) is 11.4. The molecule has 8 heteroatoms. The highest BCUT2D eigenvalue weighted by atomic mass is 32.1. The Balaban J connectivity index is 1.34. The quantitative estimate of drug-likeness (QED) is 0.316. The van der Waals surface area contributed by atoms with Gasteiger partial charge in [0.25, 0.3) is 0 Å². The van der Waals surface area contributed by atoms with Gasteiger partial charge in [-0.2, -0.15) is 0 Å². The fourth-order valence-electron chi connectivity index (χ4n) is 5.75. The highest BCUT2D eigenvalue weighted by molar-refractivity contribution is 7.11. The highest BCUT2D eigenvalue weighted by Gasteiger charge is 2.30. The van der Waals surface area contributed by atoms with Crippen LogP contribution in [0, 0.1) is 17.0 Å². The molecule has 0 saturated carbocycles. The minimum atomic E-state index is -0.937. The molecular weight excluding hydrogens is 530 g/mol. The molecule has 2 N–H and O–H groups in total. The molecule has 5 nitrogen and oxygen atoms in total. The van der Waals surface area contributed by atoms with E-state index in [9.17, 15) is 18.7 Å². The number of hydrogen-bond donors (Lipinski definition) is 2. The number of anilines is 1. The van der Waals surface area contributed by atoms with Gasteiger partial charge in [-0.25, -0.2) is 13.6 Å². The molecule has 0 bridgehead atoms. The van der Waals surface area contributed by atoms with Crippen molar-refractivity contribution in [3.63, 3.8) is 0 Å². The van der Waals surface area contributed by atoms with Gasteiger partial charge in [0.1, 0.15) is 11.6 Å². The summed E-state index contributed by atoms with van der Waals surface area (Å²) < 4.78 is 29.9. The van der Waals surface area contributed by atoms with Crippen molar-refractivity contribution in [2.45, 2.75) is 46.1 Å². The lowest BCUT2D eigenvalue weighted by Crippen LogP contribution is -2.47. The fourth-order valence-corrected chi connectivity index (χ4v) is 6.75. The highest BCUT2D eigenvalue weighted by Crippen LogP contribution is 2.46. The van der Waals surface area contributed by atoms with Gasteiger partial charge in [0.05, 0.1) is 17.2 Å². The third-order valence-electron chi connectivity index (χ3n) is 8.18. The molecule has 0 spiro atoms. The van der Waals surface area contributed by atoms with Gasteiger partial charge in [0, 0.05) is 43.3 Å². The first-order valence-corrected chi connectivity index (χ1v) is 14.7. The standard InChI is InChI=1S/C32H36F2N2O3S/c1-20(37)23-14-27(33)30(28(34)15-23)24-16-29(40-19-24)26-17-32(2,3)9-8-22(26)18-35-10-12-36(13-11-35)25-6-4-21(5-7-25)31(38)39/h4-7,14-16,19-20,37H,8-13,17-18H2,1-3H3,(H,38,39). The summed E-state index contributed by atoms with van der Waals surface area (Å²) in [5.74, 6) is -2.23. The van der Waals surface area contributed by atoms with Crippen LogP contribution in [-0.2, 0) is 0 Å². The van der Waals surface area contributed by atoms with E-state index in [0.717, 1.165) is 62.6 Å². The van der Waals surface area contributed by atoms with Crippen molar-refractivity contribution in [1.82, 2.24) is 4.90 Å². The Bertz CT molecular complexity index is 1400. The molecular formula is C32H36F2N2O3S. The first-order chi connectivity index (χ1) is 19.0. The van der Waals surface area contributed by atoms with Crippen molar-refractivity contribution < 1.29 is 23.8 Å². The van der Waals surface area contributed by atoms with Crippen molar-refractivity contribution in [3.05, 3.63) is 81.1 Å². The summed E-state index contributed by atoms with van der Waals surface area (Å²) in [6.45, 7) is 10.5. The average Bonchev–Trinajstić information content (AvgIpc) is 3.39. The zero-order valence-corrected chi connectivity index (χ0v) is 24.0. The van der Waals surface area contributed by atoms with Gasteiger partial charge in [0.2, 0.25) is 0 Å². The number of aliphatic hydroxyl groups excluding tert-OH is 1. The minimum absolute atomic E-state index is 0.0448. The van der Waals surface area contributed by atoms with Crippen LogP contribution in [0.2, 0.25) is 0 Å². The molecule has 1 saturated heterocycles. The minimum Gasteiger partial charge on any atom is -0.478 e. The second-order valence-electron chi connectivity index (χ2n) is 11.8. The summed E-state index contributed by atoms with van der Waals surface area (Å²) in [6.07, 6.45) is 2.08. The number of piperazine rings is 1. The molecule has 1 aliphatic heterocycles. The number of thiophene rings is 1. The molecule has 2 aromatic carbocycles. The summed E-state index contributed by atoms with van der Waals surface area (Å²) in [5.41, 5.74) is 4.89. The summed E-state index contributed by atoms with van der Waals surface area (Å²) >= 11 is 1.54. The molecule has 5 rings (SSSR count). The molecule has 2 aliphatic rings.